The van der Waals surface area contributed by atoms with Gasteiger partial charge in [0.25, 0.3) is 0 Å². The van der Waals surface area contributed by atoms with Gasteiger partial charge in [0.2, 0.25) is 0 Å². The van der Waals surface area contributed by atoms with Gasteiger partial charge in [-0.3, -0.25) is 4.68 Å². The predicted octanol–water partition coefficient (Wildman–Crippen LogP) is 1.46. The molecule has 1 heterocycles. The summed E-state index contributed by atoms with van der Waals surface area (Å²) in [4.78, 5) is 11.4. The molecule has 1 aromatic rings. The summed E-state index contributed by atoms with van der Waals surface area (Å²) in [5, 5.41) is 9.34. The molecule has 0 unspecified atom stereocenters. The van der Waals surface area contributed by atoms with Gasteiger partial charge in [-0.25, -0.2) is 4.79 Å². The number of aryl methyl sites for hydroxylation is 2. The zero-order valence-corrected chi connectivity index (χ0v) is 12.9. The first-order valence-corrected chi connectivity index (χ1v) is 6.86. The molecule has 0 fully saturated rings. The molecule has 0 aromatic carbocycles. The summed E-state index contributed by atoms with van der Waals surface area (Å²) in [6.45, 7) is 2.80. The summed E-state index contributed by atoms with van der Waals surface area (Å²) in [6.07, 6.45) is -3.70. The number of nitrogens with one attached hydrogen (secondary N) is 2. The molecule has 2 amide bonds. The van der Waals surface area contributed by atoms with Crippen LogP contribution in [0.5, 0.6) is 0 Å². The number of halogens is 3. The third-order valence-electron chi connectivity index (χ3n) is 3.12. The van der Waals surface area contributed by atoms with Crippen molar-refractivity contribution in [3.63, 3.8) is 0 Å². The van der Waals surface area contributed by atoms with Gasteiger partial charge in [-0.2, -0.15) is 18.3 Å². The molecule has 0 atom stereocenters. The Labute approximate surface area is 127 Å². The Kier molecular flexibility index (Phi) is 6.66. The number of hydrogen-bond acceptors (Lipinski definition) is 3. The summed E-state index contributed by atoms with van der Waals surface area (Å²) in [5.74, 6) is 0. The summed E-state index contributed by atoms with van der Waals surface area (Å²) >= 11 is 0. The first kappa shape index (κ1) is 18.3. The summed E-state index contributed by atoms with van der Waals surface area (Å²) in [5.41, 5.74) is 3.04. The summed E-state index contributed by atoms with van der Waals surface area (Å²) in [7, 11) is 1.85. The van der Waals surface area contributed by atoms with Crippen LogP contribution in [-0.2, 0) is 18.2 Å². The molecule has 0 saturated carbocycles. The number of aromatic nitrogens is 2. The minimum atomic E-state index is -4.35. The van der Waals surface area contributed by atoms with Crippen molar-refractivity contribution in [2.45, 2.75) is 26.4 Å². The number of ether oxygens (including phenoxy) is 1. The van der Waals surface area contributed by atoms with Gasteiger partial charge < -0.3 is 15.4 Å². The second kappa shape index (κ2) is 8.02. The molecular weight excluding hydrogens is 301 g/mol. The fourth-order valence-corrected chi connectivity index (χ4v) is 1.97. The van der Waals surface area contributed by atoms with E-state index in [1.54, 1.807) is 4.68 Å². The van der Waals surface area contributed by atoms with Gasteiger partial charge in [0.05, 0.1) is 12.3 Å². The van der Waals surface area contributed by atoms with Crippen LogP contribution in [0.15, 0.2) is 0 Å². The molecule has 0 aliphatic heterocycles. The number of carbonyl (C=O) groups is 1. The topological polar surface area (TPSA) is 68.2 Å². The van der Waals surface area contributed by atoms with Gasteiger partial charge in [-0.05, 0) is 25.8 Å². The molecule has 0 bridgehead atoms. The lowest BCUT2D eigenvalue weighted by atomic mass is 10.1. The molecule has 0 saturated heterocycles. The van der Waals surface area contributed by atoms with E-state index in [0.717, 1.165) is 17.0 Å². The predicted molar refractivity (Wildman–Crippen MR) is 74.7 cm³/mol. The first-order chi connectivity index (χ1) is 10.2. The van der Waals surface area contributed by atoms with Crippen LogP contribution < -0.4 is 10.6 Å². The maximum absolute atomic E-state index is 11.8. The van der Waals surface area contributed by atoms with E-state index in [1.165, 1.54) is 0 Å². The quantitative estimate of drug-likeness (QED) is 0.747. The maximum Gasteiger partial charge on any atom is 0.411 e. The van der Waals surface area contributed by atoms with Gasteiger partial charge in [0, 0.05) is 25.8 Å². The Hall–Kier alpha value is -1.77. The van der Waals surface area contributed by atoms with Crippen molar-refractivity contribution in [2.24, 2.45) is 7.05 Å². The fourth-order valence-electron chi connectivity index (χ4n) is 1.97. The highest BCUT2D eigenvalue weighted by Gasteiger charge is 2.27. The number of nitrogens with zero attached hydrogens (tertiary/aromatic N) is 2. The number of amides is 2. The molecule has 0 aliphatic rings. The second-order valence-corrected chi connectivity index (χ2v) is 4.87. The molecule has 0 radical (unpaired) electrons. The molecule has 9 heteroatoms. The van der Waals surface area contributed by atoms with Crippen LogP contribution >= 0.6 is 0 Å². The van der Waals surface area contributed by atoms with Crippen molar-refractivity contribution in [3.05, 3.63) is 17.0 Å². The molecule has 0 spiro atoms. The van der Waals surface area contributed by atoms with Crippen LogP contribution in [0.3, 0.4) is 0 Å². The standard InChI is InChI=1S/C13H21F3N4O2/c1-9-11(10(2)20(3)19-9)4-5-17-12(21)18-6-7-22-8-13(14,15)16/h4-8H2,1-3H3,(H2,17,18,21). The van der Waals surface area contributed by atoms with Crippen molar-refractivity contribution in [1.82, 2.24) is 20.4 Å². The van der Waals surface area contributed by atoms with Crippen molar-refractivity contribution >= 4 is 6.03 Å². The van der Waals surface area contributed by atoms with Crippen LogP contribution in [0.4, 0.5) is 18.0 Å². The Balaban J connectivity index is 2.16. The first-order valence-electron chi connectivity index (χ1n) is 6.86. The van der Waals surface area contributed by atoms with Crippen LogP contribution in [-0.4, -0.2) is 48.3 Å². The van der Waals surface area contributed by atoms with E-state index >= 15 is 0 Å². The molecule has 2 N–H and O–H groups in total. The van der Waals surface area contributed by atoms with E-state index in [1.807, 2.05) is 20.9 Å². The van der Waals surface area contributed by atoms with Gasteiger partial charge in [0.15, 0.2) is 0 Å². The third-order valence-corrected chi connectivity index (χ3v) is 3.12. The Bertz CT molecular complexity index is 500. The smallest absolute Gasteiger partial charge is 0.370 e. The average Bonchev–Trinajstić information content (AvgIpc) is 2.63. The molecule has 126 valence electrons. The van der Waals surface area contributed by atoms with Gasteiger partial charge in [0.1, 0.15) is 6.61 Å². The zero-order chi connectivity index (χ0) is 16.8. The number of rotatable bonds is 7. The number of alkyl halides is 3. The van der Waals surface area contributed by atoms with Crippen LogP contribution in [0.1, 0.15) is 17.0 Å². The molecule has 0 aliphatic carbocycles. The highest BCUT2D eigenvalue weighted by Crippen LogP contribution is 2.14. The van der Waals surface area contributed by atoms with Crippen molar-refractivity contribution < 1.29 is 22.7 Å². The van der Waals surface area contributed by atoms with E-state index in [2.05, 4.69) is 20.5 Å². The fraction of sp³-hybridized carbons (Fsp3) is 0.692. The number of hydrogen-bond donors (Lipinski definition) is 2. The molecule has 1 rings (SSSR count). The normalized spacial score (nSPS) is 11.5. The lowest BCUT2D eigenvalue weighted by molar-refractivity contribution is -0.173. The van der Waals surface area contributed by atoms with E-state index in [0.29, 0.717) is 13.0 Å². The average molecular weight is 322 g/mol. The SMILES string of the molecule is Cc1nn(C)c(C)c1CCNC(=O)NCCOCC(F)(F)F. The van der Waals surface area contributed by atoms with Gasteiger partial charge in [-0.15, -0.1) is 0 Å². The monoisotopic (exact) mass is 322 g/mol. The van der Waals surface area contributed by atoms with Crippen molar-refractivity contribution in [3.8, 4) is 0 Å². The Morgan fingerprint density at radius 1 is 1.27 bits per heavy atom. The Morgan fingerprint density at radius 3 is 2.45 bits per heavy atom. The van der Waals surface area contributed by atoms with E-state index in [4.69, 9.17) is 0 Å². The van der Waals surface area contributed by atoms with Crippen LogP contribution in [0.25, 0.3) is 0 Å². The largest absolute Gasteiger partial charge is 0.411 e. The van der Waals surface area contributed by atoms with Crippen molar-refractivity contribution in [1.29, 1.82) is 0 Å². The minimum Gasteiger partial charge on any atom is -0.370 e. The number of urea groups is 1. The van der Waals surface area contributed by atoms with E-state index in [9.17, 15) is 18.0 Å². The molecular formula is C13H21F3N4O2. The zero-order valence-electron chi connectivity index (χ0n) is 12.9. The highest BCUT2D eigenvalue weighted by molar-refractivity contribution is 5.73. The Morgan fingerprint density at radius 2 is 1.91 bits per heavy atom. The third kappa shape index (κ3) is 6.33. The minimum absolute atomic E-state index is 0.0207. The summed E-state index contributed by atoms with van der Waals surface area (Å²) < 4.78 is 41.6. The number of carbonyl (C=O) groups excluding carboxylic acids is 1. The molecule has 22 heavy (non-hydrogen) atoms. The van der Waals surface area contributed by atoms with Crippen LogP contribution in [0, 0.1) is 13.8 Å². The van der Waals surface area contributed by atoms with Gasteiger partial charge >= 0.3 is 12.2 Å². The van der Waals surface area contributed by atoms with Gasteiger partial charge in [-0.1, -0.05) is 0 Å². The lowest BCUT2D eigenvalue weighted by Crippen LogP contribution is -2.38. The highest BCUT2D eigenvalue weighted by atomic mass is 19.4. The second-order valence-electron chi connectivity index (χ2n) is 4.87. The van der Waals surface area contributed by atoms with E-state index in [-0.39, 0.29) is 13.2 Å². The maximum atomic E-state index is 11.8. The van der Waals surface area contributed by atoms with E-state index < -0.39 is 18.8 Å². The summed E-state index contributed by atoms with van der Waals surface area (Å²) in [6, 6.07) is -0.435. The lowest BCUT2D eigenvalue weighted by Gasteiger charge is -2.09. The van der Waals surface area contributed by atoms with Crippen molar-refractivity contribution in [2.75, 3.05) is 26.3 Å². The molecule has 6 nitrogen and oxygen atoms in total. The van der Waals surface area contributed by atoms with Crippen LogP contribution in [0.2, 0.25) is 0 Å². The molecule has 1 aromatic heterocycles.